The first-order valence-corrected chi connectivity index (χ1v) is 16.4. The van der Waals surface area contributed by atoms with Crippen LogP contribution in [-0.4, -0.2) is 65.3 Å². The maximum Gasteiger partial charge on any atom is 0.460 e. The first kappa shape index (κ1) is 37.8. The summed E-state index contributed by atoms with van der Waals surface area (Å²) < 4.78 is 133. The number of benzene rings is 1. The van der Waals surface area contributed by atoms with Gasteiger partial charge in [-0.2, -0.15) is 39.5 Å². The predicted molar refractivity (Wildman–Crippen MR) is 158 cm³/mol. The molecule has 13 heteroatoms. The summed E-state index contributed by atoms with van der Waals surface area (Å²) in [6.07, 6.45) is -5.84. The molecule has 0 unspecified atom stereocenters. The Morgan fingerprint density at radius 2 is 1.51 bits per heavy atom. The largest absolute Gasteiger partial charge is 0.508 e. The summed E-state index contributed by atoms with van der Waals surface area (Å²) in [5.41, 5.74) is 2.03. The minimum absolute atomic E-state index is 0.0179. The van der Waals surface area contributed by atoms with Crippen molar-refractivity contribution in [2.24, 2.45) is 23.2 Å². The second-order valence-corrected chi connectivity index (χ2v) is 14.2. The molecule has 0 heterocycles. The van der Waals surface area contributed by atoms with Gasteiger partial charge in [0, 0.05) is 6.42 Å². The zero-order valence-corrected chi connectivity index (χ0v) is 26.7. The molecule has 4 rings (SSSR count). The van der Waals surface area contributed by atoms with E-state index in [1.807, 2.05) is 11.0 Å². The van der Waals surface area contributed by atoms with E-state index in [1.165, 1.54) is 6.07 Å². The minimum Gasteiger partial charge on any atom is -0.508 e. The number of phenols is 1. The molecule has 0 amide bonds. The summed E-state index contributed by atoms with van der Waals surface area (Å²) in [6.45, 7) is 7.31. The topological polar surface area (TPSA) is 43.7 Å². The molecule has 2 N–H and O–H groups in total. The highest BCUT2D eigenvalue weighted by molar-refractivity contribution is 5.43. The van der Waals surface area contributed by atoms with Crippen molar-refractivity contribution >= 4 is 0 Å². The normalized spacial score (nSPS) is 30.0. The van der Waals surface area contributed by atoms with Crippen LogP contribution in [0.5, 0.6) is 5.75 Å². The first-order valence-electron chi connectivity index (χ1n) is 16.4. The Labute approximate surface area is 269 Å². The molecule has 0 radical (unpaired) electrons. The highest BCUT2D eigenvalue weighted by Gasteiger charge is 2.81. The molecule has 47 heavy (non-hydrogen) atoms. The number of rotatable bonds is 14. The maximum atomic E-state index is 16.3. The third kappa shape index (κ3) is 7.03. The van der Waals surface area contributed by atoms with Gasteiger partial charge in [0.2, 0.25) is 0 Å². The van der Waals surface area contributed by atoms with Gasteiger partial charge in [-0.25, -0.2) is 4.39 Å². The molecule has 1 aromatic rings. The van der Waals surface area contributed by atoms with Crippen molar-refractivity contribution in [1.82, 2.24) is 4.90 Å². The van der Waals surface area contributed by atoms with Gasteiger partial charge in [-0.3, -0.25) is 0 Å². The number of hydrogen-bond donors (Lipinski definition) is 2. The Morgan fingerprint density at radius 1 is 0.894 bits per heavy atom. The van der Waals surface area contributed by atoms with E-state index in [1.54, 1.807) is 13.1 Å². The van der Waals surface area contributed by atoms with E-state index in [4.69, 9.17) is 0 Å². The lowest BCUT2D eigenvalue weighted by atomic mass is 9.51. The SMILES string of the molecule is C=C1[C@H](O)C[C@H]2[C@@H]3[C@H](CCCCCN(C)CCCCCC(F)(F)C(F)(F)C(F)(F)C(F)(F)F)[C@@H](F)c4cc(O)ccc4[C@H]3CC[C@]12C. The van der Waals surface area contributed by atoms with Crippen LogP contribution in [0.4, 0.5) is 43.9 Å². The first-order chi connectivity index (χ1) is 21.7. The van der Waals surface area contributed by atoms with Gasteiger partial charge >= 0.3 is 23.9 Å². The van der Waals surface area contributed by atoms with Crippen molar-refractivity contribution in [2.75, 3.05) is 20.1 Å². The highest BCUT2D eigenvalue weighted by atomic mass is 19.4. The van der Waals surface area contributed by atoms with E-state index in [9.17, 15) is 49.7 Å². The summed E-state index contributed by atoms with van der Waals surface area (Å²) in [4.78, 5) is 1.89. The van der Waals surface area contributed by atoms with Gasteiger partial charge in [0.15, 0.2) is 0 Å². The molecule has 268 valence electrons. The van der Waals surface area contributed by atoms with E-state index in [-0.39, 0.29) is 47.7 Å². The lowest BCUT2D eigenvalue weighted by Crippen LogP contribution is -2.60. The zero-order valence-electron chi connectivity index (χ0n) is 26.7. The second-order valence-electron chi connectivity index (χ2n) is 14.2. The van der Waals surface area contributed by atoms with Crippen LogP contribution in [0, 0.1) is 23.2 Å². The standard InChI is InChI=1S/C34H45F10NO2/c1-20-27(47)19-26-28-23(13-15-30(20,26)2)22-12-11-21(46)18-25(22)29(35)24(28)10-6-4-8-16-45(3)17-9-5-7-14-31(36,37)32(38,39)33(40,41)34(42,43)44/h11-12,18,23-24,26-29,46-47H,1,4-10,13-17,19H2,2-3H3/t23-,24+,26+,27-,28+,29-,30-/m1/s1. The number of unbranched alkanes of at least 4 members (excludes halogenated alkanes) is 4. The zero-order chi connectivity index (χ0) is 35.2. The molecular weight excluding hydrogens is 644 g/mol. The number of aromatic hydroxyl groups is 1. The molecule has 0 spiro atoms. The Balaban J connectivity index is 1.24. The molecule has 3 aliphatic rings. The quantitative estimate of drug-likeness (QED) is 0.116. The summed E-state index contributed by atoms with van der Waals surface area (Å²) in [7, 11) is 1.76. The molecule has 0 saturated heterocycles. The van der Waals surface area contributed by atoms with Gasteiger partial charge in [0.05, 0.1) is 6.10 Å². The molecule has 0 aromatic heterocycles. The van der Waals surface area contributed by atoms with Gasteiger partial charge in [0.1, 0.15) is 11.9 Å². The molecule has 7 atom stereocenters. The molecule has 3 aliphatic carbocycles. The summed E-state index contributed by atoms with van der Waals surface area (Å²) in [5.74, 6) is -19.0. The van der Waals surface area contributed by atoms with Crippen LogP contribution in [0.15, 0.2) is 30.4 Å². The number of nitrogens with zero attached hydrogens (tertiary/aromatic N) is 1. The number of aliphatic hydroxyl groups excluding tert-OH is 1. The van der Waals surface area contributed by atoms with Crippen molar-refractivity contribution in [2.45, 2.75) is 120 Å². The van der Waals surface area contributed by atoms with Crippen LogP contribution >= 0.6 is 0 Å². The van der Waals surface area contributed by atoms with Crippen molar-refractivity contribution in [3.8, 4) is 5.75 Å². The second kappa shape index (κ2) is 13.7. The van der Waals surface area contributed by atoms with Gasteiger partial charge in [0.25, 0.3) is 0 Å². The van der Waals surface area contributed by atoms with Crippen molar-refractivity contribution in [3.63, 3.8) is 0 Å². The molecule has 3 nitrogen and oxygen atoms in total. The van der Waals surface area contributed by atoms with Crippen molar-refractivity contribution in [3.05, 3.63) is 41.5 Å². The van der Waals surface area contributed by atoms with Crippen LogP contribution in [0.25, 0.3) is 0 Å². The number of fused-ring (bicyclic) bond motifs is 5. The van der Waals surface area contributed by atoms with Crippen LogP contribution in [0.1, 0.15) is 101 Å². The number of alkyl halides is 10. The fourth-order valence-corrected chi connectivity index (χ4v) is 8.50. The van der Waals surface area contributed by atoms with Crippen LogP contribution in [0.2, 0.25) is 0 Å². The Morgan fingerprint density at radius 3 is 2.13 bits per heavy atom. The summed E-state index contributed by atoms with van der Waals surface area (Å²) >= 11 is 0. The molecule has 2 fully saturated rings. The number of aliphatic hydroxyl groups is 1. The number of hydrogen-bond acceptors (Lipinski definition) is 3. The summed E-state index contributed by atoms with van der Waals surface area (Å²) in [6, 6.07) is 4.96. The molecule has 0 aliphatic heterocycles. The van der Waals surface area contributed by atoms with E-state index in [0.717, 1.165) is 43.2 Å². The van der Waals surface area contributed by atoms with Gasteiger partial charge in [-0.1, -0.05) is 38.8 Å². The third-order valence-electron chi connectivity index (χ3n) is 11.3. The molecule has 1 aromatic carbocycles. The highest BCUT2D eigenvalue weighted by Crippen LogP contribution is 2.66. The number of phenolic OH excluding ortho intramolecular Hbond substituents is 1. The Hall–Kier alpha value is -2.02. The van der Waals surface area contributed by atoms with E-state index >= 15 is 4.39 Å². The Bertz CT molecular complexity index is 1250. The molecular formula is C34H45F10NO2. The minimum atomic E-state index is -6.86. The van der Waals surface area contributed by atoms with Gasteiger partial charge in [-0.15, -0.1) is 0 Å². The van der Waals surface area contributed by atoms with E-state index in [0.29, 0.717) is 31.5 Å². The van der Waals surface area contributed by atoms with Crippen LogP contribution in [-0.2, 0) is 0 Å². The van der Waals surface area contributed by atoms with Gasteiger partial charge in [-0.05, 0) is 123 Å². The molecule has 0 bridgehead atoms. The molecule has 2 saturated carbocycles. The van der Waals surface area contributed by atoms with E-state index < -0.39 is 49.1 Å². The van der Waals surface area contributed by atoms with Crippen LogP contribution in [0.3, 0.4) is 0 Å². The van der Waals surface area contributed by atoms with Crippen molar-refractivity contribution < 1.29 is 54.1 Å². The Kier molecular flexibility index (Phi) is 11.0. The fraction of sp³-hybridized carbons (Fsp3) is 0.765. The maximum absolute atomic E-state index is 16.3. The van der Waals surface area contributed by atoms with Gasteiger partial charge < -0.3 is 15.1 Å². The lowest BCUT2D eigenvalue weighted by molar-refractivity contribution is -0.396. The predicted octanol–water partition coefficient (Wildman–Crippen LogP) is 9.99. The third-order valence-corrected chi connectivity index (χ3v) is 11.3. The van der Waals surface area contributed by atoms with Crippen LogP contribution < -0.4 is 0 Å². The number of halogens is 10. The monoisotopic (exact) mass is 689 g/mol. The average Bonchev–Trinajstić information content (AvgIpc) is 3.21. The average molecular weight is 690 g/mol. The van der Waals surface area contributed by atoms with Crippen molar-refractivity contribution in [1.29, 1.82) is 0 Å². The van der Waals surface area contributed by atoms with E-state index in [2.05, 4.69) is 13.5 Å². The fourth-order valence-electron chi connectivity index (χ4n) is 8.50. The lowest BCUT2D eigenvalue weighted by Gasteiger charge is -2.53. The smallest absolute Gasteiger partial charge is 0.460 e. The summed E-state index contributed by atoms with van der Waals surface area (Å²) in [5, 5.41) is 20.8.